The monoisotopic (exact) mass is 173 g/mol. The van der Waals surface area contributed by atoms with Gasteiger partial charge in [-0.15, -0.1) is 18.2 Å². The van der Waals surface area contributed by atoms with Gasteiger partial charge in [0.25, 0.3) is 0 Å². The first-order chi connectivity index (χ1) is 5.27. The van der Waals surface area contributed by atoms with Crippen molar-refractivity contribution in [2.45, 2.75) is 13.0 Å². The highest BCUT2D eigenvalue weighted by molar-refractivity contribution is 7.99. The fourth-order valence-corrected chi connectivity index (χ4v) is 1.14. The lowest BCUT2D eigenvalue weighted by Gasteiger charge is -2.04. The van der Waals surface area contributed by atoms with E-state index in [1.807, 2.05) is 0 Å². The molecule has 1 atom stereocenters. The van der Waals surface area contributed by atoms with Crippen LogP contribution in [-0.2, 0) is 0 Å². The molecule has 0 aromatic rings. The summed E-state index contributed by atoms with van der Waals surface area (Å²) in [6, 6.07) is 0. The van der Waals surface area contributed by atoms with Gasteiger partial charge in [-0.1, -0.05) is 5.92 Å². The standard InChI is InChI=1S/C8H15NOS/c1-3-5-11-6-4-9-7-8(2)10/h1,8-10H,4-7H2,2H3. The summed E-state index contributed by atoms with van der Waals surface area (Å²) in [7, 11) is 0. The number of hydrogen-bond donors (Lipinski definition) is 2. The van der Waals surface area contributed by atoms with Crippen LogP contribution in [0.15, 0.2) is 0 Å². The fourth-order valence-electron chi connectivity index (χ4n) is 0.586. The highest BCUT2D eigenvalue weighted by atomic mass is 32.2. The zero-order valence-electron chi connectivity index (χ0n) is 6.84. The average molecular weight is 173 g/mol. The molecule has 0 aliphatic carbocycles. The third-order valence-corrected chi connectivity index (χ3v) is 1.91. The van der Waals surface area contributed by atoms with E-state index < -0.39 is 0 Å². The maximum atomic E-state index is 8.85. The van der Waals surface area contributed by atoms with E-state index in [4.69, 9.17) is 11.5 Å². The van der Waals surface area contributed by atoms with Crippen molar-refractivity contribution in [3.63, 3.8) is 0 Å². The van der Waals surface area contributed by atoms with E-state index in [-0.39, 0.29) is 6.10 Å². The van der Waals surface area contributed by atoms with Gasteiger partial charge in [0.1, 0.15) is 0 Å². The first-order valence-corrected chi connectivity index (χ1v) is 4.83. The first kappa shape index (κ1) is 10.8. The molecule has 0 radical (unpaired) electrons. The molecule has 0 bridgehead atoms. The molecular weight excluding hydrogens is 158 g/mol. The van der Waals surface area contributed by atoms with E-state index in [0.29, 0.717) is 6.54 Å². The molecule has 0 fully saturated rings. The second kappa shape index (κ2) is 7.93. The van der Waals surface area contributed by atoms with Crippen LogP contribution >= 0.6 is 11.8 Å². The summed E-state index contributed by atoms with van der Waals surface area (Å²) < 4.78 is 0. The zero-order chi connectivity index (χ0) is 8.53. The molecule has 0 amide bonds. The molecule has 3 heteroatoms. The molecule has 0 heterocycles. The molecular formula is C8H15NOS. The smallest absolute Gasteiger partial charge is 0.0636 e. The molecule has 0 aliphatic heterocycles. The van der Waals surface area contributed by atoms with Gasteiger partial charge in [0.05, 0.1) is 11.9 Å². The molecule has 64 valence electrons. The van der Waals surface area contributed by atoms with Gasteiger partial charge in [0.15, 0.2) is 0 Å². The van der Waals surface area contributed by atoms with E-state index in [1.54, 1.807) is 18.7 Å². The van der Waals surface area contributed by atoms with Gasteiger partial charge >= 0.3 is 0 Å². The third-order valence-electron chi connectivity index (χ3n) is 1.05. The van der Waals surface area contributed by atoms with Crippen LogP contribution in [0.3, 0.4) is 0 Å². The Labute approximate surface area is 72.8 Å². The SMILES string of the molecule is C#CCSCCNCC(C)O. The molecule has 0 saturated heterocycles. The molecule has 11 heavy (non-hydrogen) atoms. The van der Waals surface area contributed by atoms with Crippen molar-refractivity contribution in [3.8, 4) is 12.3 Å². The number of hydrogen-bond acceptors (Lipinski definition) is 3. The van der Waals surface area contributed by atoms with Crippen LogP contribution in [0.1, 0.15) is 6.92 Å². The minimum Gasteiger partial charge on any atom is -0.392 e. The summed E-state index contributed by atoms with van der Waals surface area (Å²) in [5.74, 6) is 4.34. The molecule has 0 saturated carbocycles. The van der Waals surface area contributed by atoms with Crippen molar-refractivity contribution in [3.05, 3.63) is 0 Å². The van der Waals surface area contributed by atoms with E-state index in [1.165, 1.54) is 0 Å². The van der Waals surface area contributed by atoms with Gasteiger partial charge in [-0.2, -0.15) is 0 Å². The largest absolute Gasteiger partial charge is 0.392 e. The van der Waals surface area contributed by atoms with Crippen LogP contribution in [0, 0.1) is 12.3 Å². The lowest BCUT2D eigenvalue weighted by molar-refractivity contribution is 0.192. The molecule has 0 aromatic heterocycles. The summed E-state index contributed by atoms with van der Waals surface area (Å²) in [6.45, 7) is 3.34. The van der Waals surface area contributed by atoms with Crippen LogP contribution in [0.4, 0.5) is 0 Å². The fraction of sp³-hybridized carbons (Fsp3) is 0.750. The van der Waals surface area contributed by atoms with Crippen LogP contribution in [-0.4, -0.2) is 35.8 Å². The quantitative estimate of drug-likeness (QED) is 0.448. The predicted molar refractivity (Wildman–Crippen MR) is 50.7 cm³/mol. The van der Waals surface area contributed by atoms with Gasteiger partial charge in [0, 0.05) is 18.8 Å². The molecule has 0 aliphatic rings. The maximum Gasteiger partial charge on any atom is 0.0636 e. The molecule has 2 nitrogen and oxygen atoms in total. The Morgan fingerprint density at radius 3 is 3.00 bits per heavy atom. The summed E-state index contributed by atoms with van der Waals surface area (Å²) >= 11 is 1.72. The van der Waals surface area contributed by atoms with E-state index in [0.717, 1.165) is 18.1 Å². The molecule has 0 aromatic carbocycles. The first-order valence-electron chi connectivity index (χ1n) is 3.67. The highest BCUT2D eigenvalue weighted by Gasteiger charge is 1.92. The Morgan fingerprint density at radius 2 is 2.45 bits per heavy atom. The summed E-state index contributed by atoms with van der Waals surface area (Å²) in [5.41, 5.74) is 0. The maximum absolute atomic E-state index is 8.85. The lowest BCUT2D eigenvalue weighted by atomic mass is 10.4. The lowest BCUT2D eigenvalue weighted by Crippen LogP contribution is -2.26. The highest BCUT2D eigenvalue weighted by Crippen LogP contribution is 1.94. The Kier molecular flexibility index (Phi) is 7.81. The summed E-state index contributed by atoms with van der Waals surface area (Å²) in [4.78, 5) is 0. The van der Waals surface area contributed by atoms with E-state index in [9.17, 15) is 0 Å². The van der Waals surface area contributed by atoms with E-state index in [2.05, 4.69) is 11.2 Å². The minimum atomic E-state index is -0.257. The molecule has 2 N–H and O–H groups in total. The van der Waals surface area contributed by atoms with Crippen LogP contribution in [0.2, 0.25) is 0 Å². The van der Waals surface area contributed by atoms with Gasteiger partial charge in [0.2, 0.25) is 0 Å². The van der Waals surface area contributed by atoms with Crippen molar-refractivity contribution in [2.75, 3.05) is 24.6 Å². The molecule has 1 unspecified atom stereocenters. The zero-order valence-corrected chi connectivity index (χ0v) is 7.66. The molecule has 0 rings (SSSR count). The topological polar surface area (TPSA) is 32.3 Å². The van der Waals surface area contributed by atoms with Crippen LogP contribution in [0.25, 0.3) is 0 Å². The van der Waals surface area contributed by atoms with Crippen molar-refractivity contribution in [1.82, 2.24) is 5.32 Å². The normalized spacial score (nSPS) is 12.5. The number of terminal acetylenes is 1. The van der Waals surface area contributed by atoms with Gasteiger partial charge < -0.3 is 10.4 Å². The number of thioether (sulfide) groups is 1. The average Bonchev–Trinajstić information content (AvgIpc) is 1.96. The number of aliphatic hydroxyl groups is 1. The van der Waals surface area contributed by atoms with Crippen molar-refractivity contribution >= 4 is 11.8 Å². The van der Waals surface area contributed by atoms with E-state index >= 15 is 0 Å². The van der Waals surface area contributed by atoms with Gasteiger partial charge in [-0.25, -0.2) is 0 Å². The summed E-state index contributed by atoms with van der Waals surface area (Å²) in [6.07, 6.45) is 4.80. The number of rotatable bonds is 6. The third kappa shape index (κ3) is 9.83. The second-order valence-corrected chi connectivity index (χ2v) is 3.42. The molecule has 0 spiro atoms. The number of aliphatic hydroxyl groups excluding tert-OH is 1. The Bertz CT molecular complexity index is 120. The van der Waals surface area contributed by atoms with Crippen molar-refractivity contribution < 1.29 is 5.11 Å². The second-order valence-electron chi connectivity index (χ2n) is 2.31. The van der Waals surface area contributed by atoms with Gasteiger partial charge in [-0.3, -0.25) is 0 Å². The Morgan fingerprint density at radius 1 is 1.73 bits per heavy atom. The minimum absolute atomic E-state index is 0.257. The predicted octanol–water partition coefficient (Wildman–Crippen LogP) is 0.323. The van der Waals surface area contributed by atoms with Crippen LogP contribution < -0.4 is 5.32 Å². The number of nitrogens with one attached hydrogen (secondary N) is 1. The van der Waals surface area contributed by atoms with Gasteiger partial charge in [-0.05, 0) is 6.92 Å². The van der Waals surface area contributed by atoms with Crippen LogP contribution in [0.5, 0.6) is 0 Å². The van der Waals surface area contributed by atoms with Crippen molar-refractivity contribution in [2.24, 2.45) is 0 Å². The van der Waals surface area contributed by atoms with Crippen molar-refractivity contribution in [1.29, 1.82) is 0 Å². The summed E-state index contributed by atoms with van der Waals surface area (Å²) in [5, 5.41) is 12.0. The Balaban J connectivity index is 2.86. The Hall–Kier alpha value is -0.170.